The molecular weight excluding hydrogens is 619 g/mol. The molecule has 12 heteroatoms. The molecule has 2 fully saturated rings. The molecule has 45 heavy (non-hydrogen) atoms. The van der Waals surface area contributed by atoms with E-state index < -0.39 is 30.2 Å². The zero-order chi connectivity index (χ0) is 31.9. The highest BCUT2D eigenvalue weighted by Crippen LogP contribution is 2.51. The minimum absolute atomic E-state index is 0.0256. The van der Waals surface area contributed by atoms with Crippen LogP contribution in [0.3, 0.4) is 0 Å². The standard InChI is InChI=1S/C33H30Cl2N4O6/c1-17-5-3-7-21(19-9-10-19)28(17)44-30-23(15-25(34)36-38-30)33(32(42)43,14-13-27(40)41)24-16-26(35)37-39-31(24)45-29-18(2)6-4-8-22(29)20-11-12-20/h3-8,15-16,19-20H,9-14H2,1-2H3,(H,40,41)(H,42,43). The second kappa shape index (κ2) is 12.3. The number of aliphatic carboxylic acids is 2. The molecule has 2 aliphatic carbocycles. The smallest absolute Gasteiger partial charge is 0.319 e. The Hall–Kier alpha value is -4.28. The van der Waals surface area contributed by atoms with Gasteiger partial charge in [0, 0.05) is 17.5 Å². The van der Waals surface area contributed by atoms with Crippen LogP contribution in [0.25, 0.3) is 0 Å². The lowest BCUT2D eigenvalue weighted by molar-refractivity contribution is -0.143. The number of aromatic nitrogens is 4. The molecule has 2 heterocycles. The molecule has 2 aromatic heterocycles. The molecule has 0 unspecified atom stereocenters. The maximum atomic E-state index is 13.7. The minimum atomic E-state index is -2.16. The molecular formula is C33H30Cl2N4O6. The number of rotatable bonds is 12. The molecule has 0 spiro atoms. The maximum Gasteiger partial charge on any atom is 0.319 e. The van der Waals surface area contributed by atoms with E-state index >= 15 is 0 Å². The molecule has 0 aliphatic heterocycles. The largest absolute Gasteiger partial charge is 0.481 e. The van der Waals surface area contributed by atoms with Crippen LogP contribution < -0.4 is 9.47 Å². The number of benzene rings is 2. The van der Waals surface area contributed by atoms with Crippen LogP contribution in [0.4, 0.5) is 0 Å². The number of carbonyl (C=O) groups is 2. The monoisotopic (exact) mass is 648 g/mol. The van der Waals surface area contributed by atoms with Crippen LogP contribution in [0.2, 0.25) is 10.3 Å². The van der Waals surface area contributed by atoms with Gasteiger partial charge in [-0.3, -0.25) is 9.59 Å². The second-order valence-electron chi connectivity index (χ2n) is 11.6. The van der Waals surface area contributed by atoms with Crippen molar-refractivity contribution >= 4 is 35.1 Å². The van der Waals surface area contributed by atoms with Crippen molar-refractivity contribution in [1.29, 1.82) is 0 Å². The van der Waals surface area contributed by atoms with Crippen molar-refractivity contribution in [1.82, 2.24) is 20.4 Å². The van der Waals surface area contributed by atoms with E-state index in [1.165, 1.54) is 12.1 Å². The van der Waals surface area contributed by atoms with Gasteiger partial charge in [0.2, 0.25) is 11.8 Å². The van der Waals surface area contributed by atoms with E-state index in [-0.39, 0.29) is 33.2 Å². The summed E-state index contributed by atoms with van der Waals surface area (Å²) < 4.78 is 12.9. The summed E-state index contributed by atoms with van der Waals surface area (Å²) in [5.74, 6) is -1.23. The van der Waals surface area contributed by atoms with Crippen molar-refractivity contribution < 1.29 is 29.3 Å². The number of carboxylic acids is 2. The van der Waals surface area contributed by atoms with Crippen LogP contribution in [0.15, 0.2) is 48.5 Å². The van der Waals surface area contributed by atoms with Gasteiger partial charge >= 0.3 is 11.9 Å². The number of ether oxygens (including phenoxy) is 2. The molecule has 0 amide bonds. The molecule has 2 saturated carbocycles. The van der Waals surface area contributed by atoms with Gasteiger partial charge in [-0.25, -0.2) is 0 Å². The number of halogens is 2. The van der Waals surface area contributed by atoms with E-state index in [1.807, 2.05) is 50.2 Å². The Morgan fingerprint density at radius 1 is 0.778 bits per heavy atom. The number of nitrogens with zero attached hydrogens (tertiary/aromatic N) is 4. The van der Waals surface area contributed by atoms with Crippen LogP contribution in [-0.2, 0) is 15.0 Å². The van der Waals surface area contributed by atoms with E-state index in [2.05, 4.69) is 20.4 Å². The van der Waals surface area contributed by atoms with E-state index in [1.54, 1.807) is 0 Å². The first kappa shape index (κ1) is 30.7. The van der Waals surface area contributed by atoms with Crippen LogP contribution >= 0.6 is 23.2 Å². The molecule has 232 valence electrons. The van der Waals surface area contributed by atoms with Gasteiger partial charge in [0.05, 0.1) is 0 Å². The minimum Gasteiger partial charge on any atom is -0.481 e. The fourth-order valence-corrected chi connectivity index (χ4v) is 6.07. The molecule has 2 aliphatic rings. The third-order valence-corrected chi connectivity index (χ3v) is 8.74. The van der Waals surface area contributed by atoms with Crippen molar-refractivity contribution in [3.05, 3.63) is 92.2 Å². The third-order valence-electron chi connectivity index (χ3n) is 8.38. The van der Waals surface area contributed by atoms with Gasteiger partial charge in [0.15, 0.2) is 10.3 Å². The molecule has 0 saturated heterocycles. The zero-order valence-electron chi connectivity index (χ0n) is 24.6. The number of hydrogen-bond acceptors (Lipinski definition) is 8. The van der Waals surface area contributed by atoms with Gasteiger partial charge in [0.1, 0.15) is 16.9 Å². The Morgan fingerprint density at radius 2 is 1.22 bits per heavy atom. The lowest BCUT2D eigenvalue weighted by Crippen LogP contribution is -2.39. The summed E-state index contributed by atoms with van der Waals surface area (Å²) in [5.41, 5.74) is 1.36. The number of hydrogen-bond donors (Lipinski definition) is 2. The number of para-hydroxylation sites is 2. The fourth-order valence-electron chi connectivity index (χ4n) is 5.78. The first-order chi connectivity index (χ1) is 21.6. The molecule has 0 atom stereocenters. The highest BCUT2D eigenvalue weighted by atomic mass is 35.5. The van der Waals surface area contributed by atoms with Gasteiger partial charge in [-0.1, -0.05) is 59.6 Å². The van der Waals surface area contributed by atoms with Gasteiger partial charge in [0.25, 0.3) is 0 Å². The lowest BCUT2D eigenvalue weighted by atomic mass is 9.72. The Labute approximate surface area is 269 Å². The summed E-state index contributed by atoms with van der Waals surface area (Å²) in [5, 5.41) is 37.0. The third kappa shape index (κ3) is 6.17. The Kier molecular flexibility index (Phi) is 8.37. The summed E-state index contributed by atoms with van der Waals surface area (Å²) in [6.45, 7) is 3.77. The van der Waals surface area contributed by atoms with Crippen molar-refractivity contribution in [3.8, 4) is 23.3 Å². The number of carboxylic acid groups (broad SMARTS) is 2. The normalized spacial score (nSPS) is 14.7. The van der Waals surface area contributed by atoms with E-state index in [4.69, 9.17) is 32.7 Å². The van der Waals surface area contributed by atoms with Crippen molar-refractivity contribution in [2.45, 2.75) is 69.6 Å². The van der Waals surface area contributed by atoms with Gasteiger partial charge in [-0.2, -0.15) is 0 Å². The van der Waals surface area contributed by atoms with Gasteiger partial charge in [-0.15, -0.1) is 20.4 Å². The summed E-state index contributed by atoms with van der Waals surface area (Å²) in [7, 11) is 0. The van der Waals surface area contributed by atoms with Crippen molar-refractivity contribution in [2.75, 3.05) is 0 Å². The first-order valence-electron chi connectivity index (χ1n) is 14.7. The summed E-state index contributed by atoms with van der Waals surface area (Å²) >= 11 is 12.7. The molecule has 0 radical (unpaired) electrons. The van der Waals surface area contributed by atoms with E-state index in [0.29, 0.717) is 23.3 Å². The second-order valence-corrected chi connectivity index (χ2v) is 12.4. The van der Waals surface area contributed by atoms with Gasteiger partial charge in [-0.05, 0) is 92.2 Å². The molecule has 2 aromatic carbocycles. The van der Waals surface area contributed by atoms with Crippen molar-refractivity contribution in [3.63, 3.8) is 0 Å². The average Bonchev–Trinajstić information content (AvgIpc) is 3.91. The maximum absolute atomic E-state index is 13.7. The van der Waals surface area contributed by atoms with Crippen LogP contribution in [0, 0.1) is 13.8 Å². The molecule has 4 aromatic rings. The fraction of sp³-hybridized carbons (Fsp3) is 0.333. The summed E-state index contributed by atoms with van der Waals surface area (Å²) in [6.07, 6.45) is 3.02. The molecule has 10 nitrogen and oxygen atoms in total. The Bertz CT molecular complexity index is 1700. The summed E-state index contributed by atoms with van der Waals surface area (Å²) in [4.78, 5) is 25.7. The average molecular weight is 650 g/mol. The lowest BCUT2D eigenvalue weighted by Gasteiger charge is -2.32. The zero-order valence-corrected chi connectivity index (χ0v) is 26.1. The topological polar surface area (TPSA) is 145 Å². The highest BCUT2D eigenvalue weighted by molar-refractivity contribution is 6.29. The van der Waals surface area contributed by atoms with Crippen LogP contribution in [0.5, 0.6) is 23.3 Å². The quantitative estimate of drug-likeness (QED) is 0.156. The molecule has 6 rings (SSSR count). The molecule has 0 bridgehead atoms. The SMILES string of the molecule is Cc1cccc(C2CC2)c1Oc1nnc(Cl)cc1C(CCC(=O)O)(C(=O)O)c1cc(Cl)nnc1Oc1c(C)cccc1C1CC1. The Balaban J connectivity index is 1.57. The van der Waals surface area contributed by atoms with Gasteiger partial charge < -0.3 is 19.7 Å². The van der Waals surface area contributed by atoms with Crippen molar-refractivity contribution in [2.24, 2.45) is 0 Å². The molecule has 2 N–H and O–H groups in total. The first-order valence-corrected chi connectivity index (χ1v) is 15.4. The predicted octanol–water partition coefficient (Wildman–Crippen LogP) is 7.77. The van der Waals surface area contributed by atoms with Crippen LogP contribution in [-0.4, -0.2) is 42.5 Å². The van der Waals surface area contributed by atoms with E-state index in [0.717, 1.165) is 47.9 Å². The number of aryl methyl sites for hydroxylation is 2. The Morgan fingerprint density at radius 3 is 1.60 bits per heavy atom. The van der Waals surface area contributed by atoms with E-state index in [9.17, 15) is 19.8 Å². The predicted molar refractivity (Wildman–Crippen MR) is 166 cm³/mol. The summed E-state index contributed by atoms with van der Waals surface area (Å²) in [6, 6.07) is 14.2. The van der Waals surface area contributed by atoms with Crippen LogP contribution in [0.1, 0.15) is 83.7 Å². The highest BCUT2D eigenvalue weighted by Gasteiger charge is 2.49.